The van der Waals surface area contributed by atoms with Crippen LogP contribution in [0.5, 0.6) is 0 Å². The van der Waals surface area contributed by atoms with Crippen LogP contribution in [0.4, 0.5) is 4.39 Å². The van der Waals surface area contributed by atoms with Gasteiger partial charge in [0, 0.05) is 12.0 Å². The molecular formula is C14H15FN2O3. The molecule has 0 radical (unpaired) electrons. The third-order valence-electron chi connectivity index (χ3n) is 2.68. The number of benzene rings is 1. The Hall–Kier alpha value is -2.42. The summed E-state index contributed by atoms with van der Waals surface area (Å²) in [7, 11) is 1.23. The number of halogens is 1. The molecule has 0 bridgehead atoms. The topological polar surface area (TPSA) is 79.2 Å². The highest BCUT2D eigenvalue weighted by atomic mass is 19.1. The van der Waals surface area contributed by atoms with Gasteiger partial charge < -0.3 is 10.1 Å². The Kier molecular flexibility index (Phi) is 6.17. The van der Waals surface area contributed by atoms with Gasteiger partial charge in [-0.25, -0.2) is 9.18 Å². The van der Waals surface area contributed by atoms with E-state index in [2.05, 4.69) is 10.1 Å². The van der Waals surface area contributed by atoms with Crippen LogP contribution in [0.3, 0.4) is 0 Å². The zero-order chi connectivity index (χ0) is 15.0. The molecule has 0 aliphatic carbocycles. The molecule has 1 aromatic rings. The van der Waals surface area contributed by atoms with Gasteiger partial charge in [0.2, 0.25) is 0 Å². The summed E-state index contributed by atoms with van der Waals surface area (Å²) < 4.78 is 17.4. The van der Waals surface area contributed by atoms with Crippen molar-refractivity contribution in [1.82, 2.24) is 5.32 Å². The van der Waals surface area contributed by atoms with Crippen LogP contribution in [0.2, 0.25) is 0 Å². The lowest BCUT2D eigenvalue weighted by atomic mass is 10.1. The van der Waals surface area contributed by atoms with Crippen molar-refractivity contribution >= 4 is 11.9 Å². The van der Waals surface area contributed by atoms with Crippen molar-refractivity contribution in [3.63, 3.8) is 0 Å². The van der Waals surface area contributed by atoms with Crippen LogP contribution in [-0.4, -0.2) is 25.0 Å². The second-order valence-corrected chi connectivity index (χ2v) is 4.11. The fourth-order valence-corrected chi connectivity index (χ4v) is 1.62. The first-order valence-corrected chi connectivity index (χ1v) is 6.09. The molecule has 0 fully saturated rings. The van der Waals surface area contributed by atoms with Gasteiger partial charge in [0.25, 0.3) is 5.91 Å². The number of hydrogen-bond acceptors (Lipinski definition) is 4. The minimum Gasteiger partial charge on any atom is -0.467 e. The minimum absolute atomic E-state index is 0.251. The molecule has 0 unspecified atom stereocenters. The minimum atomic E-state index is -0.814. The van der Waals surface area contributed by atoms with Crippen LogP contribution in [0.25, 0.3) is 0 Å². The third-order valence-corrected chi connectivity index (χ3v) is 2.68. The molecule has 1 rings (SSSR count). The molecule has 0 saturated carbocycles. The summed E-state index contributed by atoms with van der Waals surface area (Å²) in [4.78, 5) is 23.5. The Balaban J connectivity index is 2.68. The molecule has 0 saturated heterocycles. The first kappa shape index (κ1) is 15.6. The number of ether oxygens (including phenoxy) is 1. The largest absolute Gasteiger partial charge is 0.467 e. The quantitative estimate of drug-likeness (QED) is 0.635. The average Bonchev–Trinajstić information content (AvgIpc) is 2.46. The summed E-state index contributed by atoms with van der Waals surface area (Å²) in [6.07, 6.45) is 1.08. The lowest BCUT2D eigenvalue weighted by Crippen LogP contribution is -2.41. The lowest BCUT2D eigenvalue weighted by Gasteiger charge is -2.15. The molecule has 0 aliphatic heterocycles. The van der Waals surface area contributed by atoms with Crippen molar-refractivity contribution in [3.8, 4) is 6.07 Å². The Morgan fingerprint density at radius 3 is 2.60 bits per heavy atom. The number of hydrogen-bond donors (Lipinski definition) is 1. The molecule has 0 aromatic heterocycles. The van der Waals surface area contributed by atoms with Gasteiger partial charge in [0.1, 0.15) is 11.9 Å². The molecule has 1 amide bonds. The zero-order valence-electron chi connectivity index (χ0n) is 11.1. The molecule has 1 atom stereocenters. The van der Waals surface area contributed by atoms with E-state index in [1.807, 2.05) is 6.07 Å². The number of nitrogens with zero attached hydrogens (tertiary/aromatic N) is 1. The van der Waals surface area contributed by atoms with Gasteiger partial charge in [-0.2, -0.15) is 5.26 Å². The smallest absolute Gasteiger partial charge is 0.328 e. The maximum absolute atomic E-state index is 12.8. The van der Waals surface area contributed by atoms with E-state index in [1.54, 1.807) is 0 Å². The number of rotatable bonds is 6. The van der Waals surface area contributed by atoms with Crippen molar-refractivity contribution in [3.05, 3.63) is 35.6 Å². The van der Waals surface area contributed by atoms with Crippen LogP contribution in [0, 0.1) is 17.1 Å². The molecule has 5 nitrogen and oxygen atoms in total. The van der Waals surface area contributed by atoms with E-state index in [-0.39, 0.29) is 5.56 Å². The Morgan fingerprint density at radius 2 is 2.05 bits per heavy atom. The number of carbonyl (C=O) groups excluding carboxylic acids is 2. The Labute approximate surface area is 116 Å². The molecule has 20 heavy (non-hydrogen) atoms. The predicted molar refractivity (Wildman–Crippen MR) is 69.1 cm³/mol. The zero-order valence-corrected chi connectivity index (χ0v) is 11.1. The van der Waals surface area contributed by atoms with E-state index in [4.69, 9.17) is 5.26 Å². The fourth-order valence-electron chi connectivity index (χ4n) is 1.62. The standard InChI is InChI=1S/C14H15FN2O3/c1-20-14(19)12(4-2-3-9-16)17-13(18)10-5-7-11(15)8-6-10/h5-8,12H,2-4H2,1H3,(H,17,18)/t12-/m0/s1. The summed E-state index contributed by atoms with van der Waals surface area (Å²) in [5, 5.41) is 11.0. The van der Waals surface area contributed by atoms with Gasteiger partial charge >= 0.3 is 5.97 Å². The number of unbranched alkanes of at least 4 members (excludes halogenated alkanes) is 1. The van der Waals surface area contributed by atoms with E-state index < -0.39 is 23.7 Å². The Bertz CT molecular complexity index is 508. The molecule has 0 heterocycles. The third kappa shape index (κ3) is 4.69. The number of nitrogens with one attached hydrogen (secondary N) is 1. The lowest BCUT2D eigenvalue weighted by molar-refractivity contribution is -0.143. The van der Waals surface area contributed by atoms with E-state index >= 15 is 0 Å². The van der Waals surface area contributed by atoms with Gasteiger partial charge in [0.15, 0.2) is 0 Å². The van der Waals surface area contributed by atoms with E-state index in [0.29, 0.717) is 19.3 Å². The number of amides is 1. The second kappa shape index (κ2) is 7.89. The van der Waals surface area contributed by atoms with E-state index in [9.17, 15) is 14.0 Å². The van der Waals surface area contributed by atoms with Gasteiger partial charge in [-0.1, -0.05) is 0 Å². The maximum atomic E-state index is 12.8. The number of esters is 1. The second-order valence-electron chi connectivity index (χ2n) is 4.11. The summed E-state index contributed by atoms with van der Waals surface area (Å²) >= 11 is 0. The van der Waals surface area contributed by atoms with Crippen LogP contribution < -0.4 is 5.32 Å². The van der Waals surface area contributed by atoms with Crippen molar-refractivity contribution in [2.24, 2.45) is 0 Å². The fraction of sp³-hybridized carbons (Fsp3) is 0.357. The molecule has 0 aliphatic rings. The van der Waals surface area contributed by atoms with E-state index in [0.717, 1.165) is 12.1 Å². The predicted octanol–water partition coefficient (Wildman–Crippen LogP) is 1.79. The molecule has 6 heteroatoms. The highest BCUT2D eigenvalue weighted by molar-refractivity contribution is 5.96. The number of carbonyl (C=O) groups is 2. The first-order valence-electron chi connectivity index (χ1n) is 6.09. The molecule has 106 valence electrons. The molecule has 0 spiro atoms. The highest BCUT2D eigenvalue weighted by Crippen LogP contribution is 2.06. The molecular weight excluding hydrogens is 263 g/mol. The normalized spacial score (nSPS) is 11.2. The van der Waals surface area contributed by atoms with Crippen LogP contribution in [0.1, 0.15) is 29.6 Å². The SMILES string of the molecule is COC(=O)[C@H](CCCC#N)NC(=O)c1ccc(F)cc1. The van der Waals surface area contributed by atoms with Gasteiger partial charge in [-0.15, -0.1) is 0 Å². The first-order chi connectivity index (χ1) is 9.58. The summed E-state index contributed by atoms with van der Waals surface area (Å²) in [5.74, 6) is -1.50. The van der Waals surface area contributed by atoms with Crippen molar-refractivity contribution in [2.75, 3.05) is 7.11 Å². The summed E-state index contributed by atoms with van der Waals surface area (Å²) in [6.45, 7) is 0. The van der Waals surface area contributed by atoms with Gasteiger partial charge in [0.05, 0.1) is 13.2 Å². The van der Waals surface area contributed by atoms with Gasteiger partial charge in [-0.05, 0) is 37.1 Å². The summed E-state index contributed by atoms with van der Waals surface area (Å²) in [5.41, 5.74) is 0.251. The van der Waals surface area contributed by atoms with E-state index in [1.165, 1.54) is 19.2 Å². The molecule has 1 aromatic carbocycles. The van der Waals surface area contributed by atoms with Crippen molar-refractivity contribution in [2.45, 2.75) is 25.3 Å². The van der Waals surface area contributed by atoms with Crippen LogP contribution >= 0.6 is 0 Å². The number of methoxy groups -OCH3 is 1. The average molecular weight is 278 g/mol. The monoisotopic (exact) mass is 278 g/mol. The number of nitriles is 1. The Morgan fingerprint density at radius 1 is 1.40 bits per heavy atom. The van der Waals surface area contributed by atoms with Gasteiger partial charge in [-0.3, -0.25) is 4.79 Å². The van der Waals surface area contributed by atoms with Crippen molar-refractivity contribution < 1.29 is 18.7 Å². The van der Waals surface area contributed by atoms with Crippen LogP contribution in [-0.2, 0) is 9.53 Å². The maximum Gasteiger partial charge on any atom is 0.328 e. The van der Waals surface area contributed by atoms with Crippen LogP contribution in [0.15, 0.2) is 24.3 Å². The molecule has 1 N–H and O–H groups in total. The highest BCUT2D eigenvalue weighted by Gasteiger charge is 2.21. The van der Waals surface area contributed by atoms with Crippen molar-refractivity contribution in [1.29, 1.82) is 5.26 Å². The summed E-state index contributed by atoms with van der Waals surface area (Å²) in [6, 6.07) is 6.13.